The van der Waals surface area contributed by atoms with Gasteiger partial charge in [0.2, 0.25) is 0 Å². The number of allylic oxidation sites excluding steroid dienone is 1. The molecule has 0 aliphatic rings. The highest BCUT2D eigenvalue weighted by molar-refractivity contribution is 5.36. The van der Waals surface area contributed by atoms with Gasteiger partial charge in [0.1, 0.15) is 11.6 Å². The number of hydrogen-bond donors (Lipinski definition) is 1. The van der Waals surface area contributed by atoms with E-state index < -0.39 is 0 Å². The predicted molar refractivity (Wildman–Crippen MR) is 63.9 cm³/mol. The maximum atomic E-state index is 13.0. The normalized spacial score (nSPS) is 12.2. The van der Waals surface area contributed by atoms with E-state index in [9.17, 15) is 4.39 Å². The molecule has 0 saturated carbocycles. The van der Waals surface area contributed by atoms with E-state index in [4.69, 9.17) is 10.5 Å². The summed E-state index contributed by atoms with van der Waals surface area (Å²) in [5.41, 5.74) is 6.61. The van der Waals surface area contributed by atoms with Gasteiger partial charge in [-0.25, -0.2) is 4.39 Å². The summed E-state index contributed by atoms with van der Waals surface area (Å²) >= 11 is 0. The number of rotatable bonds is 6. The molecule has 0 saturated heterocycles. The third-order valence-corrected chi connectivity index (χ3v) is 2.28. The molecule has 0 fully saturated rings. The van der Waals surface area contributed by atoms with Gasteiger partial charge in [-0.15, -0.1) is 6.58 Å². The van der Waals surface area contributed by atoms with E-state index in [0.29, 0.717) is 12.4 Å². The molecule has 88 valence electrons. The molecule has 16 heavy (non-hydrogen) atoms. The third-order valence-electron chi connectivity index (χ3n) is 2.28. The zero-order valence-corrected chi connectivity index (χ0v) is 9.58. The lowest BCUT2D eigenvalue weighted by Crippen LogP contribution is -2.09. The number of ether oxygens (including phenoxy) is 1. The average Bonchev–Trinajstić information content (AvgIpc) is 2.24. The Hall–Kier alpha value is -1.35. The molecule has 0 radical (unpaired) electrons. The average molecular weight is 223 g/mol. The number of nitrogens with two attached hydrogens (primary N) is 1. The first kappa shape index (κ1) is 12.7. The second-order valence-corrected chi connectivity index (χ2v) is 3.75. The molecule has 0 aliphatic carbocycles. The molecule has 1 aromatic rings. The molecule has 3 heteroatoms. The van der Waals surface area contributed by atoms with Crippen molar-refractivity contribution in [2.45, 2.75) is 25.8 Å². The number of hydrogen-bond acceptors (Lipinski definition) is 2. The highest BCUT2D eigenvalue weighted by Crippen LogP contribution is 2.24. The SMILES string of the molecule is C=CCCCOc1cc(F)ccc1[C@H](C)N. The Morgan fingerprint density at radius 3 is 2.94 bits per heavy atom. The molecule has 0 unspecified atom stereocenters. The van der Waals surface area contributed by atoms with Gasteiger partial charge in [0.25, 0.3) is 0 Å². The minimum Gasteiger partial charge on any atom is -0.493 e. The molecule has 0 amide bonds. The van der Waals surface area contributed by atoms with Gasteiger partial charge in [0.15, 0.2) is 0 Å². The Balaban J connectivity index is 2.68. The molecule has 1 atom stereocenters. The lowest BCUT2D eigenvalue weighted by molar-refractivity contribution is 0.306. The molecule has 0 heterocycles. The minimum atomic E-state index is -0.303. The molecule has 2 nitrogen and oxygen atoms in total. The molecular formula is C13H18FNO. The van der Waals surface area contributed by atoms with Gasteiger partial charge in [0, 0.05) is 17.7 Å². The Morgan fingerprint density at radius 1 is 1.56 bits per heavy atom. The van der Waals surface area contributed by atoms with Gasteiger partial charge in [-0.05, 0) is 25.8 Å². The monoisotopic (exact) mass is 223 g/mol. The first-order valence-electron chi connectivity index (χ1n) is 5.44. The van der Waals surface area contributed by atoms with Crippen LogP contribution in [-0.4, -0.2) is 6.61 Å². The summed E-state index contributed by atoms with van der Waals surface area (Å²) in [5.74, 6) is 0.238. The van der Waals surface area contributed by atoms with Crippen LogP contribution in [0.4, 0.5) is 4.39 Å². The quantitative estimate of drug-likeness (QED) is 0.593. The summed E-state index contributed by atoms with van der Waals surface area (Å²) in [7, 11) is 0. The Morgan fingerprint density at radius 2 is 2.31 bits per heavy atom. The largest absolute Gasteiger partial charge is 0.493 e. The molecule has 0 spiro atoms. The first-order valence-corrected chi connectivity index (χ1v) is 5.44. The van der Waals surface area contributed by atoms with Crippen molar-refractivity contribution in [3.05, 3.63) is 42.2 Å². The van der Waals surface area contributed by atoms with Crippen LogP contribution >= 0.6 is 0 Å². The van der Waals surface area contributed by atoms with Crippen LogP contribution in [0.2, 0.25) is 0 Å². The van der Waals surface area contributed by atoms with E-state index in [0.717, 1.165) is 18.4 Å². The summed E-state index contributed by atoms with van der Waals surface area (Å²) < 4.78 is 18.6. The lowest BCUT2D eigenvalue weighted by Gasteiger charge is -2.13. The fourth-order valence-corrected chi connectivity index (χ4v) is 1.42. The van der Waals surface area contributed by atoms with E-state index in [-0.39, 0.29) is 11.9 Å². The second kappa shape index (κ2) is 6.28. The third kappa shape index (κ3) is 3.66. The van der Waals surface area contributed by atoms with E-state index in [1.165, 1.54) is 12.1 Å². The summed E-state index contributed by atoms with van der Waals surface area (Å²) in [6, 6.07) is 4.29. The lowest BCUT2D eigenvalue weighted by atomic mass is 10.1. The summed E-state index contributed by atoms with van der Waals surface area (Å²) in [4.78, 5) is 0. The van der Waals surface area contributed by atoms with Crippen LogP contribution in [-0.2, 0) is 0 Å². The molecule has 1 aromatic carbocycles. The highest BCUT2D eigenvalue weighted by atomic mass is 19.1. The van der Waals surface area contributed by atoms with Gasteiger partial charge in [-0.3, -0.25) is 0 Å². The van der Waals surface area contributed by atoms with Crippen molar-refractivity contribution in [2.75, 3.05) is 6.61 Å². The van der Waals surface area contributed by atoms with Crippen molar-refractivity contribution < 1.29 is 9.13 Å². The van der Waals surface area contributed by atoms with Crippen LogP contribution in [0.5, 0.6) is 5.75 Å². The highest BCUT2D eigenvalue weighted by Gasteiger charge is 2.08. The van der Waals surface area contributed by atoms with Crippen molar-refractivity contribution in [3.8, 4) is 5.75 Å². The molecule has 2 N–H and O–H groups in total. The van der Waals surface area contributed by atoms with Gasteiger partial charge >= 0.3 is 0 Å². The Kier molecular flexibility index (Phi) is 4.99. The molecule has 0 aromatic heterocycles. The van der Waals surface area contributed by atoms with Crippen LogP contribution in [0, 0.1) is 5.82 Å². The maximum absolute atomic E-state index is 13.0. The van der Waals surface area contributed by atoms with Crippen LogP contribution in [0.3, 0.4) is 0 Å². The second-order valence-electron chi connectivity index (χ2n) is 3.75. The van der Waals surface area contributed by atoms with E-state index in [2.05, 4.69) is 6.58 Å². The van der Waals surface area contributed by atoms with E-state index in [1.807, 2.05) is 13.0 Å². The minimum absolute atomic E-state index is 0.157. The summed E-state index contributed by atoms with van der Waals surface area (Å²) in [6.07, 6.45) is 3.60. The van der Waals surface area contributed by atoms with Crippen LogP contribution in [0.15, 0.2) is 30.9 Å². The van der Waals surface area contributed by atoms with E-state index >= 15 is 0 Å². The van der Waals surface area contributed by atoms with E-state index in [1.54, 1.807) is 6.07 Å². The maximum Gasteiger partial charge on any atom is 0.126 e. The zero-order chi connectivity index (χ0) is 12.0. The van der Waals surface area contributed by atoms with Gasteiger partial charge < -0.3 is 10.5 Å². The Bertz CT molecular complexity index is 350. The fourth-order valence-electron chi connectivity index (χ4n) is 1.42. The van der Waals surface area contributed by atoms with Crippen LogP contribution < -0.4 is 10.5 Å². The fraction of sp³-hybridized carbons (Fsp3) is 0.385. The van der Waals surface area contributed by atoms with Crippen molar-refractivity contribution in [1.29, 1.82) is 0 Å². The number of halogens is 1. The van der Waals surface area contributed by atoms with Crippen molar-refractivity contribution in [1.82, 2.24) is 0 Å². The number of unbranched alkanes of at least 4 members (excludes halogenated alkanes) is 1. The first-order chi connectivity index (χ1) is 7.65. The zero-order valence-electron chi connectivity index (χ0n) is 9.58. The Labute approximate surface area is 95.9 Å². The number of benzene rings is 1. The predicted octanol–water partition coefficient (Wildman–Crippen LogP) is 3.19. The van der Waals surface area contributed by atoms with Crippen molar-refractivity contribution >= 4 is 0 Å². The van der Waals surface area contributed by atoms with Gasteiger partial charge in [-0.1, -0.05) is 12.1 Å². The van der Waals surface area contributed by atoms with Gasteiger partial charge in [0.05, 0.1) is 6.61 Å². The van der Waals surface area contributed by atoms with Crippen molar-refractivity contribution in [3.63, 3.8) is 0 Å². The summed E-state index contributed by atoms with van der Waals surface area (Å²) in [5, 5.41) is 0. The molecule has 1 rings (SSSR count). The smallest absolute Gasteiger partial charge is 0.126 e. The standard InChI is InChI=1S/C13H18FNO/c1-3-4-5-8-16-13-9-11(14)6-7-12(13)10(2)15/h3,6-7,9-10H,1,4-5,8,15H2,2H3/t10-/m0/s1. The topological polar surface area (TPSA) is 35.2 Å². The van der Waals surface area contributed by atoms with Crippen LogP contribution in [0.1, 0.15) is 31.4 Å². The molecule has 0 bridgehead atoms. The van der Waals surface area contributed by atoms with Crippen LogP contribution in [0.25, 0.3) is 0 Å². The molecular weight excluding hydrogens is 205 g/mol. The van der Waals surface area contributed by atoms with Crippen molar-refractivity contribution in [2.24, 2.45) is 5.73 Å². The van der Waals surface area contributed by atoms with Gasteiger partial charge in [-0.2, -0.15) is 0 Å². The molecule has 0 aliphatic heterocycles. The summed E-state index contributed by atoms with van der Waals surface area (Å²) in [6.45, 7) is 6.03.